The molecular weight excluding hydrogens is 388 g/mol. The third-order valence-electron chi connectivity index (χ3n) is 4.63. The van der Waals surface area contributed by atoms with Gasteiger partial charge in [-0.1, -0.05) is 30.3 Å². The van der Waals surface area contributed by atoms with Crippen molar-refractivity contribution in [2.75, 3.05) is 25.2 Å². The second-order valence-corrected chi connectivity index (χ2v) is 7.43. The summed E-state index contributed by atoms with van der Waals surface area (Å²) < 4.78 is 11.3. The molecule has 29 heavy (non-hydrogen) atoms. The van der Waals surface area contributed by atoms with Gasteiger partial charge in [-0.3, -0.25) is 9.59 Å². The van der Waals surface area contributed by atoms with Crippen LogP contribution in [0.3, 0.4) is 0 Å². The molecule has 1 aliphatic heterocycles. The van der Waals surface area contributed by atoms with Gasteiger partial charge in [0.05, 0.1) is 16.1 Å². The molecule has 6 nitrogen and oxygen atoms in total. The van der Waals surface area contributed by atoms with Crippen LogP contribution in [0.15, 0.2) is 60.0 Å². The summed E-state index contributed by atoms with van der Waals surface area (Å²) in [5.41, 5.74) is 1.83. The van der Waals surface area contributed by atoms with E-state index in [1.54, 1.807) is 31.3 Å². The van der Waals surface area contributed by atoms with E-state index in [1.807, 2.05) is 35.7 Å². The predicted octanol–water partition coefficient (Wildman–Crippen LogP) is 3.73. The van der Waals surface area contributed by atoms with Gasteiger partial charge in [-0.25, -0.2) is 0 Å². The quantitative estimate of drug-likeness (QED) is 0.699. The molecule has 148 valence electrons. The highest BCUT2D eigenvalue weighted by molar-refractivity contribution is 7.12. The average molecular weight is 408 g/mol. The number of nitrogens with zero attached hydrogens (tertiary/aromatic N) is 1. The first-order chi connectivity index (χ1) is 14.1. The maximum Gasteiger partial charge on any atom is 0.268 e. The minimum atomic E-state index is -0.263. The second kappa shape index (κ2) is 8.36. The number of hydrogen-bond acceptors (Lipinski definition) is 5. The topological polar surface area (TPSA) is 67.9 Å². The minimum absolute atomic E-state index is 0.150. The Labute approximate surface area is 172 Å². The van der Waals surface area contributed by atoms with E-state index in [9.17, 15) is 9.59 Å². The molecule has 2 amide bonds. The van der Waals surface area contributed by atoms with Crippen LogP contribution in [0.2, 0.25) is 0 Å². The molecule has 1 N–H and O–H groups in total. The van der Waals surface area contributed by atoms with Crippen molar-refractivity contribution in [1.82, 2.24) is 5.32 Å². The van der Waals surface area contributed by atoms with Crippen molar-refractivity contribution in [2.24, 2.45) is 0 Å². The lowest BCUT2D eigenvalue weighted by Crippen LogP contribution is -2.30. The first-order valence-corrected chi connectivity index (χ1v) is 10.1. The Kier molecular flexibility index (Phi) is 5.48. The maximum atomic E-state index is 12.9. The lowest BCUT2D eigenvalue weighted by molar-refractivity contribution is 0.0950. The molecule has 0 spiro atoms. The largest absolute Gasteiger partial charge is 0.486 e. The van der Waals surface area contributed by atoms with Crippen LogP contribution in [0.4, 0.5) is 5.69 Å². The minimum Gasteiger partial charge on any atom is -0.486 e. The zero-order valence-electron chi connectivity index (χ0n) is 15.9. The van der Waals surface area contributed by atoms with Crippen molar-refractivity contribution in [3.05, 3.63) is 76.0 Å². The number of para-hydroxylation sites is 2. The molecule has 0 bridgehead atoms. The first-order valence-electron chi connectivity index (χ1n) is 9.21. The number of fused-ring (bicyclic) bond motifs is 1. The molecule has 0 saturated carbocycles. The summed E-state index contributed by atoms with van der Waals surface area (Å²) in [5, 5.41) is 4.78. The molecule has 0 aliphatic carbocycles. The molecule has 2 aromatic carbocycles. The van der Waals surface area contributed by atoms with E-state index in [0.29, 0.717) is 47.4 Å². The highest BCUT2D eigenvalue weighted by Crippen LogP contribution is 2.33. The van der Waals surface area contributed by atoms with E-state index in [-0.39, 0.29) is 11.8 Å². The summed E-state index contributed by atoms with van der Waals surface area (Å²) in [5.74, 6) is 0.936. The number of amides is 2. The maximum absolute atomic E-state index is 12.9. The average Bonchev–Trinajstić information content (AvgIpc) is 3.31. The summed E-state index contributed by atoms with van der Waals surface area (Å²) in [6, 6.07) is 16.3. The molecule has 4 rings (SSSR count). The van der Waals surface area contributed by atoms with Crippen LogP contribution in [0.5, 0.6) is 11.5 Å². The highest BCUT2D eigenvalue weighted by atomic mass is 32.1. The summed E-state index contributed by atoms with van der Waals surface area (Å²) in [6.07, 6.45) is 0. The summed E-state index contributed by atoms with van der Waals surface area (Å²) in [4.78, 5) is 27.7. The van der Waals surface area contributed by atoms with Crippen LogP contribution in [0, 0.1) is 0 Å². The Hall–Kier alpha value is -3.32. The summed E-state index contributed by atoms with van der Waals surface area (Å²) >= 11 is 1.37. The van der Waals surface area contributed by atoms with E-state index in [4.69, 9.17) is 9.47 Å². The van der Waals surface area contributed by atoms with Gasteiger partial charge in [0, 0.05) is 19.2 Å². The Morgan fingerprint density at radius 2 is 1.86 bits per heavy atom. The molecule has 7 heteroatoms. The van der Waals surface area contributed by atoms with E-state index >= 15 is 0 Å². The fourth-order valence-corrected chi connectivity index (χ4v) is 3.88. The Bertz CT molecular complexity index is 1030. The molecule has 0 fully saturated rings. The zero-order chi connectivity index (χ0) is 20.2. The van der Waals surface area contributed by atoms with Crippen molar-refractivity contribution < 1.29 is 19.1 Å². The molecule has 0 radical (unpaired) electrons. The van der Waals surface area contributed by atoms with E-state index in [0.717, 1.165) is 5.56 Å². The second-order valence-electron chi connectivity index (χ2n) is 6.48. The first kappa shape index (κ1) is 19.0. The molecule has 0 unspecified atom stereocenters. The van der Waals surface area contributed by atoms with Crippen LogP contribution < -0.4 is 19.7 Å². The van der Waals surface area contributed by atoms with Crippen LogP contribution >= 0.6 is 11.3 Å². The highest BCUT2D eigenvalue weighted by Gasteiger charge is 2.21. The van der Waals surface area contributed by atoms with Crippen LogP contribution in [0.1, 0.15) is 25.6 Å². The summed E-state index contributed by atoms with van der Waals surface area (Å²) in [6.45, 7) is 1.29. The summed E-state index contributed by atoms with van der Waals surface area (Å²) in [7, 11) is 1.67. The van der Waals surface area contributed by atoms with Crippen molar-refractivity contribution in [3.63, 3.8) is 0 Å². The number of nitrogens with one attached hydrogen (secondary N) is 1. The monoisotopic (exact) mass is 408 g/mol. The molecular formula is C22H20N2O4S. The molecule has 1 aromatic heterocycles. The smallest absolute Gasteiger partial charge is 0.268 e. The van der Waals surface area contributed by atoms with Crippen LogP contribution in [-0.4, -0.2) is 32.1 Å². The predicted molar refractivity (Wildman–Crippen MR) is 112 cm³/mol. The standard InChI is InChI=1S/C22H20N2O4S/c1-24(22(26)19-10-5-13-29-19)17-8-3-2-7-16(17)21(25)23-14-15-6-4-9-18-20(15)28-12-11-27-18/h2-10,13H,11-12,14H2,1H3,(H,23,25). The lowest BCUT2D eigenvalue weighted by atomic mass is 10.1. The van der Waals surface area contributed by atoms with E-state index in [1.165, 1.54) is 16.2 Å². The van der Waals surface area contributed by atoms with Crippen LogP contribution in [0.25, 0.3) is 0 Å². The molecule has 0 saturated heterocycles. The van der Waals surface area contributed by atoms with Crippen molar-refractivity contribution >= 4 is 28.8 Å². The van der Waals surface area contributed by atoms with Gasteiger partial charge >= 0.3 is 0 Å². The molecule has 0 atom stereocenters. The number of ether oxygens (including phenoxy) is 2. The Morgan fingerprint density at radius 3 is 2.69 bits per heavy atom. The number of anilines is 1. The third-order valence-corrected chi connectivity index (χ3v) is 5.49. The van der Waals surface area contributed by atoms with E-state index < -0.39 is 0 Å². The van der Waals surface area contributed by atoms with Crippen molar-refractivity contribution in [2.45, 2.75) is 6.54 Å². The fraction of sp³-hybridized carbons (Fsp3) is 0.182. The van der Waals surface area contributed by atoms with Gasteiger partial charge in [0.2, 0.25) is 0 Å². The van der Waals surface area contributed by atoms with Gasteiger partial charge in [-0.2, -0.15) is 0 Å². The number of rotatable bonds is 5. The lowest BCUT2D eigenvalue weighted by Gasteiger charge is -2.22. The van der Waals surface area contributed by atoms with Gasteiger partial charge in [0.1, 0.15) is 13.2 Å². The normalized spacial score (nSPS) is 12.3. The SMILES string of the molecule is CN(C(=O)c1cccs1)c1ccccc1C(=O)NCc1cccc2c1OCCO2. The van der Waals surface area contributed by atoms with Gasteiger partial charge < -0.3 is 19.7 Å². The molecule has 1 aliphatic rings. The molecule has 2 heterocycles. The zero-order valence-corrected chi connectivity index (χ0v) is 16.7. The Morgan fingerprint density at radius 1 is 1.03 bits per heavy atom. The molecule has 3 aromatic rings. The van der Waals surface area contributed by atoms with Gasteiger partial charge in [0.25, 0.3) is 11.8 Å². The van der Waals surface area contributed by atoms with Crippen LogP contribution in [-0.2, 0) is 6.54 Å². The van der Waals surface area contributed by atoms with Gasteiger partial charge in [0.15, 0.2) is 11.5 Å². The number of benzene rings is 2. The number of thiophene rings is 1. The Balaban J connectivity index is 1.52. The van der Waals surface area contributed by atoms with Crippen molar-refractivity contribution in [3.8, 4) is 11.5 Å². The van der Waals surface area contributed by atoms with E-state index in [2.05, 4.69) is 5.32 Å². The van der Waals surface area contributed by atoms with Crippen molar-refractivity contribution in [1.29, 1.82) is 0 Å². The third kappa shape index (κ3) is 3.95. The number of hydrogen-bond donors (Lipinski definition) is 1. The fourth-order valence-electron chi connectivity index (χ4n) is 3.18. The van der Waals surface area contributed by atoms with Gasteiger partial charge in [-0.05, 0) is 29.6 Å². The number of carbonyl (C=O) groups excluding carboxylic acids is 2. The van der Waals surface area contributed by atoms with Gasteiger partial charge in [-0.15, -0.1) is 11.3 Å². The number of carbonyl (C=O) groups is 2.